The number of phenolic OH excluding ortho intramolecular Hbond substituents is 1. The van der Waals surface area contributed by atoms with Gasteiger partial charge in [0.25, 0.3) is 5.91 Å². The number of aromatic amines is 2. The number of aryl methyl sites for hydroxylation is 1. The molecule has 1 saturated heterocycles. The molecule has 2 atom stereocenters. The van der Waals surface area contributed by atoms with E-state index in [1.165, 1.54) is 12.1 Å². The smallest absolute Gasteiger partial charge is 0.274 e. The summed E-state index contributed by atoms with van der Waals surface area (Å²) in [6.45, 7) is 8.84. The van der Waals surface area contributed by atoms with Gasteiger partial charge in [-0.1, -0.05) is 13.0 Å². The molecule has 0 aliphatic carbocycles. The fourth-order valence-electron chi connectivity index (χ4n) is 6.38. The maximum atomic E-state index is 14.2. The average molecular weight is 596 g/mol. The van der Waals surface area contributed by atoms with Gasteiger partial charge in [-0.05, 0) is 61.2 Å². The molecule has 2 aliphatic heterocycles. The van der Waals surface area contributed by atoms with E-state index in [0.29, 0.717) is 55.2 Å². The monoisotopic (exact) mass is 595 g/mol. The first kappa shape index (κ1) is 28.0. The van der Waals surface area contributed by atoms with E-state index >= 15 is 0 Å². The van der Waals surface area contributed by atoms with Gasteiger partial charge in [-0.15, -0.1) is 0 Å². The van der Waals surface area contributed by atoms with E-state index in [2.05, 4.69) is 49.2 Å². The second kappa shape index (κ2) is 11.0. The van der Waals surface area contributed by atoms with Crippen LogP contribution in [0.25, 0.3) is 33.5 Å². The second-order valence-electron chi connectivity index (χ2n) is 11.8. The first-order chi connectivity index (χ1) is 21.3. The number of H-pyrrole nitrogens is 2. The zero-order valence-corrected chi connectivity index (χ0v) is 24.9. The van der Waals surface area contributed by atoms with Crippen LogP contribution < -0.4 is 10.2 Å². The summed E-state index contributed by atoms with van der Waals surface area (Å²) in [4.78, 5) is 34.6. The number of carbonyl (C=O) groups excluding carboxylic acids is 1. The zero-order valence-electron chi connectivity index (χ0n) is 24.9. The van der Waals surface area contributed by atoms with Gasteiger partial charge < -0.3 is 25.2 Å². The number of rotatable bonds is 5. The molecular weight excluding hydrogens is 561 g/mol. The van der Waals surface area contributed by atoms with Crippen LogP contribution in [0.5, 0.6) is 5.75 Å². The summed E-state index contributed by atoms with van der Waals surface area (Å²) in [5.41, 5.74) is 5.95. The highest BCUT2D eigenvalue weighted by atomic mass is 19.1. The number of nitrogens with zero attached hydrogens (tertiary/aromatic N) is 6. The van der Waals surface area contributed by atoms with Crippen LogP contribution >= 0.6 is 0 Å². The number of hydrogen-bond donors (Lipinski definition) is 4. The fourth-order valence-corrected chi connectivity index (χ4v) is 6.38. The largest absolute Gasteiger partial charge is 0.505 e. The van der Waals surface area contributed by atoms with Crippen molar-refractivity contribution in [2.24, 2.45) is 0 Å². The lowest BCUT2D eigenvalue weighted by Gasteiger charge is -2.36. The minimum Gasteiger partial charge on any atom is -0.505 e. The van der Waals surface area contributed by atoms with Gasteiger partial charge in [-0.25, -0.2) is 19.3 Å². The fraction of sp³-hybridized carbons (Fsp3) is 0.344. The Morgan fingerprint density at radius 2 is 1.93 bits per heavy atom. The van der Waals surface area contributed by atoms with Crippen LogP contribution in [-0.2, 0) is 19.4 Å². The lowest BCUT2D eigenvalue weighted by Crippen LogP contribution is -2.54. The molecule has 0 radical (unpaired) electrons. The van der Waals surface area contributed by atoms with E-state index in [9.17, 15) is 14.3 Å². The number of carbonyl (C=O) groups is 1. The Morgan fingerprint density at radius 3 is 2.68 bits per heavy atom. The van der Waals surface area contributed by atoms with Crippen LogP contribution in [0.3, 0.4) is 0 Å². The summed E-state index contributed by atoms with van der Waals surface area (Å²) in [6, 6.07) is 9.34. The van der Waals surface area contributed by atoms with Crippen LogP contribution in [0.1, 0.15) is 48.2 Å². The normalized spacial score (nSPS) is 18.5. The maximum Gasteiger partial charge on any atom is 0.274 e. The molecule has 4 N–H and O–H groups in total. The molecular formula is C32H34FN9O2. The molecule has 1 amide bonds. The Kier molecular flexibility index (Phi) is 7.00. The molecule has 11 nitrogen and oxygen atoms in total. The van der Waals surface area contributed by atoms with Gasteiger partial charge in [-0.3, -0.25) is 9.89 Å². The number of halogens is 1. The molecule has 0 spiro atoms. The van der Waals surface area contributed by atoms with Crippen molar-refractivity contribution in [1.29, 1.82) is 0 Å². The maximum absolute atomic E-state index is 14.2. The summed E-state index contributed by atoms with van der Waals surface area (Å²) < 4.78 is 14.2. The second-order valence-corrected chi connectivity index (χ2v) is 11.8. The summed E-state index contributed by atoms with van der Waals surface area (Å²) in [7, 11) is 0. The highest BCUT2D eigenvalue weighted by Gasteiger charge is 2.28. The van der Waals surface area contributed by atoms with E-state index in [4.69, 9.17) is 4.98 Å². The number of hydrogen-bond acceptors (Lipinski definition) is 8. The van der Waals surface area contributed by atoms with Gasteiger partial charge in [0.05, 0.1) is 30.1 Å². The molecule has 3 aromatic heterocycles. The highest BCUT2D eigenvalue weighted by Crippen LogP contribution is 2.34. The molecule has 5 aromatic rings. The Labute approximate surface area is 253 Å². The van der Waals surface area contributed by atoms with Gasteiger partial charge in [0.1, 0.15) is 17.2 Å². The first-order valence-electron chi connectivity index (χ1n) is 15.0. The number of imidazole rings is 1. The third kappa shape index (κ3) is 5.04. The number of phenols is 1. The van der Waals surface area contributed by atoms with Crippen molar-refractivity contribution in [2.45, 2.75) is 52.2 Å². The molecule has 7 rings (SSSR count). The predicted molar refractivity (Wildman–Crippen MR) is 165 cm³/mol. The summed E-state index contributed by atoms with van der Waals surface area (Å²) in [5, 5.41) is 21.8. The van der Waals surface area contributed by atoms with E-state index in [-0.39, 0.29) is 11.7 Å². The van der Waals surface area contributed by atoms with E-state index in [0.717, 1.165) is 57.9 Å². The van der Waals surface area contributed by atoms with Crippen molar-refractivity contribution in [3.05, 3.63) is 71.2 Å². The van der Waals surface area contributed by atoms with Gasteiger partial charge >= 0.3 is 0 Å². The number of benzene rings is 2. The zero-order chi connectivity index (χ0) is 30.5. The summed E-state index contributed by atoms with van der Waals surface area (Å²) in [5.74, 6) is 0.227. The van der Waals surface area contributed by atoms with Gasteiger partial charge in [0.15, 0.2) is 17.4 Å². The van der Waals surface area contributed by atoms with Gasteiger partial charge in [-0.2, -0.15) is 5.10 Å². The molecule has 44 heavy (non-hydrogen) atoms. The summed E-state index contributed by atoms with van der Waals surface area (Å²) >= 11 is 0. The molecule has 2 aromatic carbocycles. The van der Waals surface area contributed by atoms with Gasteiger partial charge in [0, 0.05) is 49.2 Å². The summed E-state index contributed by atoms with van der Waals surface area (Å²) in [6.07, 6.45) is 4.55. The van der Waals surface area contributed by atoms with Crippen LogP contribution in [-0.4, -0.2) is 77.8 Å². The standard InChI is InChI=1S/C32H34FN9O2/c1-4-19-10-28(43)23(33)11-22(19)20-5-6-21-25(9-20)39-40-30(21)31-37-24-7-8-41(16-27(24)38-31)32(44)26-12-35-29(13-34-26)42-14-17(2)36-18(3)15-42/h5-6,9-13,17-18,36,43H,4,7-8,14-16H2,1-3H3,(H,37,38)(H,39,40)/t17-,18+. The van der Waals surface area contributed by atoms with E-state index < -0.39 is 5.82 Å². The molecule has 0 unspecified atom stereocenters. The molecule has 226 valence electrons. The molecule has 0 bridgehead atoms. The number of aromatic nitrogens is 6. The molecule has 0 saturated carbocycles. The Morgan fingerprint density at radius 1 is 1.11 bits per heavy atom. The van der Waals surface area contributed by atoms with Crippen molar-refractivity contribution in [3.63, 3.8) is 0 Å². The topological polar surface area (TPSA) is 139 Å². The minimum absolute atomic E-state index is 0.170. The molecule has 2 aliphatic rings. The Bertz CT molecular complexity index is 1860. The predicted octanol–water partition coefficient (Wildman–Crippen LogP) is 4.20. The number of nitrogens with one attached hydrogen (secondary N) is 3. The highest BCUT2D eigenvalue weighted by molar-refractivity contribution is 5.94. The van der Waals surface area contributed by atoms with E-state index in [1.54, 1.807) is 17.3 Å². The number of anilines is 1. The third-order valence-corrected chi connectivity index (χ3v) is 8.51. The Hall–Kier alpha value is -4.84. The average Bonchev–Trinajstić information content (AvgIpc) is 3.64. The van der Waals surface area contributed by atoms with Crippen molar-refractivity contribution in [1.82, 2.24) is 40.3 Å². The molecule has 1 fully saturated rings. The number of amides is 1. The SMILES string of the molecule is CCc1cc(O)c(F)cc1-c1ccc2c(-c3nc4c([nH]3)CCN(C(=O)c3cnc(N5C[C@@H](C)N[C@@H](C)C5)cn3)C4)n[nH]c2c1. The van der Waals surface area contributed by atoms with Crippen LogP contribution in [0.4, 0.5) is 10.2 Å². The van der Waals surface area contributed by atoms with E-state index in [1.807, 2.05) is 25.1 Å². The Balaban J connectivity index is 1.09. The first-order valence-corrected chi connectivity index (χ1v) is 15.0. The molecule has 12 heteroatoms. The van der Waals surface area contributed by atoms with Crippen LogP contribution in [0, 0.1) is 5.82 Å². The number of piperazine rings is 1. The lowest BCUT2D eigenvalue weighted by molar-refractivity contribution is 0.0725. The van der Waals surface area contributed by atoms with Crippen molar-refractivity contribution in [2.75, 3.05) is 24.5 Å². The minimum atomic E-state index is -0.653. The number of aromatic hydroxyl groups is 1. The lowest BCUT2D eigenvalue weighted by atomic mass is 9.96. The molecule has 5 heterocycles. The number of fused-ring (bicyclic) bond motifs is 2. The van der Waals surface area contributed by atoms with Crippen molar-refractivity contribution >= 4 is 22.6 Å². The van der Waals surface area contributed by atoms with Crippen molar-refractivity contribution < 1.29 is 14.3 Å². The van der Waals surface area contributed by atoms with Crippen LogP contribution in [0.2, 0.25) is 0 Å². The van der Waals surface area contributed by atoms with Crippen molar-refractivity contribution in [3.8, 4) is 28.4 Å². The third-order valence-electron chi connectivity index (χ3n) is 8.51. The van der Waals surface area contributed by atoms with Crippen LogP contribution in [0.15, 0.2) is 42.7 Å². The quantitative estimate of drug-likeness (QED) is 0.237. The van der Waals surface area contributed by atoms with Gasteiger partial charge in [0.2, 0.25) is 0 Å².